The average Bonchev–Trinajstić information content (AvgIpc) is 2.82. The van der Waals surface area contributed by atoms with E-state index >= 15 is 0 Å². The maximum atomic E-state index is 10.9. The van der Waals surface area contributed by atoms with Crippen LogP contribution in [-0.2, 0) is 0 Å². The highest BCUT2D eigenvalue weighted by atomic mass is 16.4. The van der Waals surface area contributed by atoms with Crippen molar-refractivity contribution in [3.8, 4) is 22.6 Å². The van der Waals surface area contributed by atoms with E-state index in [9.17, 15) is 10.2 Å². The monoisotopic (exact) mass is 454 g/mol. The van der Waals surface area contributed by atoms with E-state index in [2.05, 4.69) is 19.1 Å². The molecule has 4 heteroatoms. The number of fused-ring (bicyclic) bond motifs is 4. The number of aryl methyl sites for hydroxylation is 3. The molecule has 0 aliphatic rings. The summed E-state index contributed by atoms with van der Waals surface area (Å²) in [6.07, 6.45) is 0. The minimum atomic E-state index is -0.335. The predicted molar refractivity (Wildman–Crippen MR) is 140 cm³/mol. The second-order valence-electron chi connectivity index (χ2n) is 8.33. The Balaban J connectivity index is 0.00000133. The molecule has 34 heavy (non-hydrogen) atoms. The number of hydrogen-bond acceptors (Lipinski definition) is 4. The van der Waals surface area contributed by atoms with Crippen molar-refractivity contribution in [2.75, 3.05) is 0 Å². The van der Waals surface area contributed by atoms with Crippen LogP contribution >= 0.6 is 0 Å². The number of phenols is 2. The molecule has 0 aliphatic heterocycles. The van der Waals surface area contributed by atoms with Gasteiger partial charge >= 0.3 is 0 Å². The highest BCUT2D eigenvalue weighted by Crippen LogP contribution is 2.46. The van der Waals surface area contributed by atoms with Crippen molar-refractivity contribution in [3.05, 3.63) is 82.9 Å². The zero-order valence-electron chi connectivity index (χ0n) is 20.5. The molecule has 0 atom stereocenters. The van der Waals surface area contributed by atoms with Gasteiger partial charge in [0, 0.05) is 21.9 Å². The first-order valence-corrected chi connectivity index (χ1v) is 11.6. The van der Waals surface area contributed by atoms with Gasteiger partial charge in [-0.1, -0.05) is 67.9 Å². The Kier molecular flexibility index (Phi) is 6.25. The maximum absolute atomic E-state index is 10.9. The lowest BCUT2D eigenvalue weighted by molar-refractivity contribution is 0.398. The van der Waals surface area contributed by atoms with Crippen LogP contribution < -0.4 is 0 Å². The van der Waals surface area contributed by atoms with Gasteiger partial charge in [0.15, 0.2) is 11.3 Å². The van der Waals surface area contributed by atoms with Crippen molar-refractivity contribution in [1.29, 1.82) is 0 Å². The summed E-state index contributed by atoms with van der Waals surface area (Å²) in [7, 11) is 0. The normalized spacial score (nSPS) is 10.9. The van der Waals surface area contributed by atoms with E-state index in [-0.39, 0.29) is 17.1 Å². The summed E-state index contributed by atoms with van der Waals surface area (Å²) >= 11 is 0. The van der Waals surface area contributed by atoms with Crippen LogP contribution in [0, 0.1) is 27.7 Å². The quantitative estimate of drug-likeness (QED) is 0.248. The third-order valence-corrected chi connectivity index (χ3v) is 6.02. The highest BCUT2D eigenvalue weighted by Gasteiger charge is 2.23. The maximum Gasteiger partial charge on any atom is 0.216 e. The molecule has 0 radical (unpaired) electrons. The molecule has 0 amide bonds. The lowest BCUT2D eigenvalue weighted by atomic mass is 9.90. The van der Waals surface area contributed by atoms with E-state index in [0.29, 0.717) is 27.9 Å². The summed E-state index contributed by atoms with van der Waals surface area (Å²) in [5.41, 5.74) is 7.17. The van der Waals surface area contributed by atoms with Crippen molar-refractivity contribution in [3.63, 3.8) is 0 Å². The third-order valence-electron chi connectivity index (χ3n) is 6.02. The molecule has 0 spiro atoms. The third kappa shape index (κ3) is 3.75. The first kappa shape index (κ1) is 23.2. The highest BCUT2D eigenvalue weighted by molar-refractivity contribution is 6.05. The predicted octanol–water partition coefficient (Wildman–Crippen LogP) is 8.79. The second kappa shape index (κ2) is 9.14. The van der Waals surface area contributed by atoms with Gasteiger partial charge in [0.1, 0.15) is 11.2 Å². The molecule has 5 aromatic rings. The lowest BCUT2D eigenvalue weighted by Crippen LogP contribution is -1.95. The number of para-hydroxylation sites is 2. The van der Waals surface area contributed by atoms with Crippen LogP contribution in [0.1, 0.15) is 36.1 Å². The van der Waals surface area contributed by atoms with Crippen LogP contribution in [0.3, 0.4) is 0 Å². The van der Waals surface area contributed by atoms with E-state index in [1.807, 2.05) is 76.2 Å². The number of hydrogen-bond donors (Lipinski definition) is 2. The fourth-order valence-corrected chi connectivity index (χ4v) is 4.64. The van der Waals surface area contributed by atoms with E-state index < -0.39 is 0 Å². The molecule has 0 aliphatic carbocycles. The molecule has 174 valence electrons. The van der Waals surface area contributed by atoms with E-state index in [0.717, 1.165) is 33.0 Å². The molecule has 0 bridgehead atoms. The summed E-state index contributed by atoms with van der Waals surface area (Å²) in [5.74, 6) is -0.550. The number of rotatable bonds is 1. The van der Waals surface area contributed by atoms with Crippen molar-refractivity contribution < 1.29 is 19.0 Å². The molecule has 1 aromatic heterocycles. The smallest absolute Gasteiger partial charge is 0.216 e. The topological polar surface area (TPSA) is 66.7 Å². The van der Waals surface area contributed by atoms with Crippen molar-refractivity contribution >= 4 is 33.1 Å². The Morgan fingerprint density at radius 3 is 1.59 bits per heavy atom. The summed E-state index contributed by atoms with van der Waals surface area (Å²) < 4.78 is 12.7. The molecule has 0 saturated carbocycles. The Bertz CT molecular complexity index is 1560. The van der Waals surface area contributed by atoms with Crippen molar-refractivity contribution in [2.24, 2.45) is 0 Å². The molecule has 5 rings (SSSR count). The van der Waals surface area contributed by atoms with Gasteiger partial charge in [-0.15, -0.1) is 0 Å². The summed E-state index contributed by atoms with van der Waals surface area (Å²) in [6, 6.07) is 19.6. The van der Waals surface area contributed by atoms with Gasteiger partial charge in [-0.05, 0) is 56.5 Å². The number of aromatic hydroxyl groups is 2. The Morgan fingerprint density at radius 1 is 0.588 bits per heavy atom. The fourth-order valence-electron chi connectivity index (χ4n) is 4.64. The molecule has 0 unspecified atom stereocenters. The minimum absolute atomic E-state index is 0.101. The van der Waals surface area contributed by atoms with Crippen LogP contribution in [0.15, 0.2) is 69.5 Å². The van der Waals surface area contributed by atoms with Gasteiger partial charge in [0.05, 0.1) is 0 Å². The molecule has 0 saturated heterocycles. The van der Waals surface area contributed by atoms with Crippen LogP contribution in [-0.4, -0.2) is 10.2 Å². The summed E-state index contributed by atoms with van der Waals surface area (Å²) in [5, 5.41) is 23.5. The Labute approximate surface area is 199 Å². The van der Waals surface area contributed by atoms with Crippen LogP contribution in [0.25, 0.3) is 44.2 Å². The summed E-state index contributed by atoms with van der Waals surface area (Å²) in [4.78, 5) is 0. The standard InChI is InChI=1S/C28H24O4.C2H6/c1-15-13-16(2)23(17(3)14-15)24-18(4)25(29)26(30)28-27(24)31-21-11-7-5-9-19(21)20-10-6-8-12-22(20)32-28;1-2/h5-14,29-30H,1-4H3;1-2H3. The molecular formula is C30H30O4. The molecule has 4 aromatic carbocycles. The van der Waals surface area contributed by atoms with Crippen LogP contribution in [0.5, 0.6) is 11.5 Å². The SMILES string of the molecule is CC.Cc1cc(C)c(-c2c(C)c(O)c(O)c3oc4ccccc4c4ccccc4oc23)c(C)c1. The lowest BCUT2D eigenvalue weighted by Gasteiger charge is -2.17. The molecular weight excluding hydrogens is 424 g/mol. The van der Waals surface area contributed by atoms with Gasteiger partial charge in [-0.3, -0.25) is 0 Å². The fraction of sp³-hybridized carbons (Fsp3) is 0.200. The molecule has 0 fully saturated rings. The largest absolute Gasteiger partial charge is 0.504 e. The minimum Gasteiger partial charge on any atom is -0.504 e. The van der Waals surface area contributed by atoms with Gasteiger partial charge in [-0.2, -0.15) is 0 Å². The Hall–Kier alpha value is -3.92. The molecule has 4 nitrogen and oxygen atoms in total. The van der Waals surface area contributed by atoms with Crippen molar-refractivity contribution in [1.82, 2.24) is 0 Å². The van der Waals surface area contributed by atoms with Crippen molar-refractivity contribution in [2.45, 2.75) is 41.5 Å². The molecule has 1 heterocycles. The second-order valence-corrected chi connectivity index (χ2v) is 8.33. The van der Waals surface area contributed by atoms with Gasteiger partial charge in [0.25, 0.3) is 0 Å². The average molecular weight is 455 g/mol. The van der Waals surface area contributed by atoms with Crippen LogP contribution in [0.4, 0.5) is 0 Å². The van der Waals surface area contributed by atoms with E-state index in [1.165, 1.54) is 0 Å². The van der Waals surface area contributed by atoms with Crippen LogP contribution in [0.2, 0.25) is 0 Å². The Morgan fingerprint density at radius 2 is 1.06 bits per heavy atom. The molecule has 2 N–H and O–H groups in total. The number of benzene rings is 4. The number of phenolic OH excluding ortho intramolecular Hbond substituents is 2. The van der Waals surface area contributed by atoms with E-state index in [4.69, 9.17) is 8.83 Å². The zero-order valence-corrected chi connectivity index (χ0v) is 20.5. The van der Waals surface area contributed by atoms with Gasteiger partial charge in [0.2, 0.25) is 11.3 Å². The van der Waals surface area contributed by atoms with E-state index in [1.54, 1.807) is 6.92 Å². The van der Waals surface area contributed by atoms with Gasteiger partial charge < -0.3 is 19.0 Å². The first-order chi connectivity index (χ1) is 16.4. The summed E-state index contributed by atoms with van der Waals surface area (Å²) in [6.45, 7) is 11.9. The first-order valence-electron chi connectivity index (χ1n) is 11.6. The zero-order chi connectivity index (χ0) is 24.6. The van der Waals surface area contributed by atoms with Gasteiger partial charge in [-0.25, -0.2) is 0 Å².